The number of nitrogens with zero attached hydrogens (tertiary/aromatic N) is 4. The van der Waals surface area contributed by atoms with E-state index in [1.165, 1.54) is 48.5 Å². The maximum atomic E-state index is 13.4. The first-order valence-corrected chi connectivity index (χ1v) is 20.2. The first-order valence-electron chi connectivity index (χ1n) is 18.3. The van der Waals surface area contributed by atoms with Gasteiger partial charge in [-0.15, -0.1) is 0 Å². The van der Waals surface area contributed by atoms with Crippen LogP contribution in [0.5, 0.6) is 0 Å². The van der Waals surface area contributed by atoms with Crippen LogP contribution in [0.15, 0.2) is 105 Å². The minimum atomic E-state index is -1.65. The number of azo groups is 2. The molecule has 5 aromatic carbocycles. The van der Waals surface area contributed by atoms with E-state index in [9.17, 15) is 28.8 Å². The maximum Gasteiger partial charge on any atom is 0.258 e. The molecule has 0 aliphatic heterocycles. The fourth-order valence-corrected chi connectivity index (χ4v) is 6.36. The smallest absolute Gasteiger partial charge is 0.258 e. The monoisotopic (exact) mass is 934 g/mol. The molecule has 19 heteroatoms. The Morgan fingerprint density at radius 1 is 0.452 bits per heavy atom. The highest BCUT2D eigenvalue weighted by Crippen LogP contribution is 2.32. The molecule has 0 aromatic heterocycles. The second kappa shape index (κ2) is 20.7. The Labute approximate surface area is 380 Å². The van der Waals surface area contributed by atoms with Crippen LogP contribution in [0.1, 0.15) is 51.3 Å². The average Bonchev–Trinajstić information content (AvgIpc) is 3.20. The van der Waals surface area contributed by atoms with E-state index in [0.717, 1.165) is 25.0 Å². The normalized spacial score (nSPS) is 12.2. The summed E-state index contributed by atoms with van der Waals surface area (Å²) in [7, 11) is 0. The van der Waals surface area contributed by atoms with Crippen LogP contribution in [-0.4, -0.2) is 47.3 Å². The molecule has 318 valence electrons. The van der Waals surface area contributed by atoms with Gasteiger partial charge in [-0.1, -0.05) is 70.1 Å². The van der Waals surface area contributed by atoms with Gasteiger partial charge in [0, 0.05) is 38.2 Å². The zero-order chi connectivity index (χ0) is 45.4. The van der Waals surface area contributed by atoms with Crippen LogP contribution >= 0.6 is 58.0 Å². The number of Topliss-reactive ketones (excluding diaryl/α,β-unsaturated/α-hetero) is 2. The summed E-state index contributed by atoms with van der Waals surface area (Å²) in [5.41, 5.74) is 3.56. The summed E-state index contributed by atoms with van der Waals surface area (Å²) in [6.07, 6.45) is 0. The zero-order valence-electron chi connectivity index (χ0n) is 33.4. The van der Waals surface area contributed by atoms with Gasteiger partial charge in [0.1, 0.15) is 11.4 Å². The molecule has 5 rings (SSSR count). The van der Waals surface area contributed by atoms with E-state index in [2.05, 4.69) is 41.7 Å². The summed E-state index contributed by atoms with van der Waals surface area (Å²) in [5, 5.41) is 27.6. The lowest BCUT2D eigenvalue weighted by molar-refractivity contribution is -0.127. The second-order valence-electron chi connectivity index (χ2n) is 13.7. The second-order valence-corrected chi connectivity index (χ2v) is 15.8. The summed E-state index contributed by atoms with van der Waals surface area (Å²) in [6, 6.07) is 18.1. The van der Waals surface area contributed by atoms with Crippen LogP contribution in [0.25, 0.3) is 0 Å². The highest BCUT2D eigenvalue weighted by Gasteiger charge is 2.27. The molecule has 62 heavy (non-hydrogen) atoms. The van der Waals surface area contributed by atoms with Crippen molar-refractivity contribution in [1.29, 1.82) is 0 Å². The summed E-state index contributed by atoms with van der Waals surface area (Å²) in [6.45, 7) is 7.49. The number of carbonyl (C=O) groups is 6. The third-order valence-electron chi connectivity index (χ3n) is 8.97. The van der Waals surface area contributed by atoms with Crippen molar-refractivity contribution in [2.75, 3.05) is 21.3 Å². The molecule has 4 N–H and O–H groups in total. The number of halogens is 5. The topological polar surface area (TPSA) is 200 Å². The predicted molar refractivity (Wildman–Crippen MR) is 243 cm³/mol. The van der Waals surface area contributed by atoms with Gasteiger partial charge < -0.3 is 21.3 Å². The van der Waals surface area contributed by atoms with Gasteiger partial charge in [-0.3, -0.25) is 28.8 Å². The molecule has 0 aliphatic rings. The number of ketones is 2. The SMILES string of the molecule is CC(=O)C(N=Nc1cc(C(=O)Nc2cc(Cl)ccc2C)ccc1Cl)C(=O)Nc1cc(Cl)c(NC(=O)C(N=Nc2cc(C(=O)Nc3cc(Cl)ccc3C)ccc2Cl)C(C)=O)cc1C. The Balaban J connectivity index is 1.27. The van der Waals surface area contributed by atoms with Gasteiger partial charge in [-0.2, -0.15) is 20.5 Å². The number of carbonyl (C=O) groups excluding carboxylic acids is 6. The lowest BCUT2D eigenvalue weighted by Gasteiger charge is -2.16. The van der Waals surface area contributed by atoms with E-state index < -0.39 is 47.3 Å². The highest BCUT2D eigenvalue weighted by molar-refractivity contribution is 6.35. The molecule has 0 heterocycles. The number of aryl methyl sites for hydroxylation is 3. The van der Waals surface area contributed by atoms with Gasteiger partial charge in [0.15, 0.2) is 11.6 Å². The predicted octanol–water partition coefficient (Wildman–Crippen LogP) is 11.7. The molecule has 14 nitrogen and oxygen atoms in total. The first-order chi connectivity index (χ1) is 29.3. The molecule has 0 fully saturated rings. The van der Waals surface area contributed by atoms with Crippen LogP contribution in [0.3, 0.4) is 0 Å². The molecule has 0 spiro atoms. The van der Waals surface area contributed by atoms with Crippen LogP contribution in [-0.2, 0) is 19.2 Å². The van der Waals surface area contributed by atoms with E-state index >= 15 is 0 Å². The van der Waals surface area contributed by atoms with Crippen LogP contribution in [0.4, 0.5) is 34.1 Å². The molecule has 4 amide bonds. The van der Waals surface area contributed by atoms with Crippen LogP contribution in [0, 0.1) is 20.8 Å². The van der Waals surface area contributed by atoms with Crippen molar-refractivity contribution in [3.63, 3.8) is 0 Å². The zero-order valence-corrected chi connectivity index (χ0v) is 37.1. The van der Waals surface area contributed by atoms with Crippen molar-refractivity contribution in [2.45, 2.75) is 46.7 Å². The molecule has 0 saturated carbocycles. The molecule has 0 bridgehead atoms. The number of hydrogen-bond donors (Lipinski definition) is 4. The van der Waals surface area contributed by atoms with Gasteiger partial charge in [-0.25, -0.2) is 0 Å². The maximum absolute atomic E-state index is 13.4. The van der Waals surface area contributed by atoms with Crippen molar-refractivity contribution < 1.29 is 28.8 Å². The number of benzene rings is 5. The van der Waals surface area contributed by atoms with Gasteiger partial charge in [-0.05, 0) is 124 Å². The van der Waals surface area contributed by atoms with Gasteiger partial charge in [0.2, 0.25) is 12.1 Å². The number of rotatable bonds is 14. The van der Waals surface area contributed by atoms with Crippen molar-refractivity contribution in [3.8, 4) is 0 Å². The largest absolute Gasteiger partial charge is 0.323 e. The first kappa shape index (κ1) is 47.0. The van der Waals surface area contributed by atoms with E-state index in [0.29, 0.717) is 27.0 Å². The van der Waals surface area contributed by atoms with Crippen molar-refractivity contribution in [1.82, 2.24) is 0 Å². The Morgan fingerprint density at radius 3 is 1.27 bits per heavy atom. The van der Waals surface area contributed by atoms with E-state index in [4.69, 9.17) is 58.0 Å². The molecule has 0 saturated heterocycles. The fourth-order valence-electron chi connectivity index (χ4n) is 5.50. The number of nitrogens with one attached hydrogen (secondary N) is 4. The molecule has 0 radical (unpaired) electrons. The van der Waals surface area contributed by atoms with Crippen LogP contribution in [0.2, 0.25) is 25.1 Å². The van der Waals surface area contributed by atoms with Gasteiger partial charge in [0.05, 0.1) is 20.8 Å². The average molecular weight is 937 g/mol. The molecule has 5 aromatic rings. The summed E-state index contributed by atoms with van der Waals surface area (Å²) < 4.78 is 0. The third kappa shape index (κ3) is 12.1. The molecule has 0 aliphatic carbocycles. The van der Waals surface area contributed by atoms with E-state index in [-0.39, 0.29) is 48.9 Å². The lowest BCUT2D eigenvalue weighted by Crippen LogP contribution is -2.32. The van der Waals surface area contributed by atoms with E-state index in [1.807, 2.05) is 0 Å². The molecule has 2 unspecified atom stereocenters. The Morgan fingerprint density at radius 2 is 0.855 bits per heavy atom. The molecular weight excluding hydrogens is 902 g/mol. The van der Waals surface area contributed by atoms with Crippen LogP contribution < -0.4 is 21.3 Å². The van der Waals surface area contributed by atoms with Crippen molar-refractivity contribution in [3.05, 3.63) is 138 Å². The quantitative estimate of drug-likeness (QED) is 0.0630. The fraction of sp³-hybridized carbons (Fsp3) is 0.163. The van der Waals surface area contributed by atoms with Crippen molar-refractivity contribution >= 4 is 127 Å². The lowest BCUT2D eigenvalue weighted by atomic mass is 10.1. The highest BCUT2D eigenvalue weighted by atomic mass is 35.5. The van der Waals surface area contributed by atoms with Gasteiger partial charge in [0.25, 0.3) is 23.6 Å². The number of hydrogen-bond acceptors (Lipinski definition) is 10. The molecular formula is C43H35Cl5N8O6. The third-order valence-corrected chi connectivity index (χ3v) is 10.4. The minimum Gasteiger partial charge on any atom is -0.323 e. The van der Waals surface area contributed by atoms with Crippen molar-refractivity contribution in [2.24, 2.45) is 20.5 Å². The number of amides is 4. The Hall–Kier alpha value is -6.03. The number of anilines is 4. The minimum absolute atomic E-state index is 0.0163. The summed E-state index contributed by atoms with van der Waals surface area (Å²) in [4.78, 5) is 77.9. The van der Waals surface area contributed by atoms with E-state index in [1.54, 1.807) is 57.2 Å². The summed E-state index contributed by atoms with van der Waals surface area (Å²) in [5.74, 6) is -4.06. The Kier molecular flexibility index (Phi) is 15.7. The standard InChI is InChI=1S/C43H35Cl5N8O6/c1-20-6-10-27(44)17-32(20)49-40(59)25-8-12-29(46)36(15-25)53-55-38(23(4)57)42(61)51-34-19-31(48)35(14-22(34)3)52-43(62)39(24(5)58)56-54-37-16-26(9-13-30(37)47)41(60)50-33-18-28(45)11-7-21(33)2/h6-19,38-39H,1-5H3,(H,49,59)(H,50,60)(H,51,61)(H,52,62). The van der Waals surface area contributed by atoms with Gasteiger partial charge >= 0.3 is 0 Å². The summed E-state index contributed by atoms with van der Waals surface area (Å²) >= 11 is 31.3. The molecule has 2 atom stereocenters. The Bertz CT molecular complexity index is 2530.